The van der Waals surface area contributed by atoms with Crippen LogP contribution in [-0.2, 0) is 6.54 Å². The molecule has 132 valence electrons. The van der Waals surface area contributed by atoms with Gasteiger partial charge < -0.3 is 18.6 Å². The molecule has 0 saturated carbocycles. The molecule has 0 unspecified atom stereocenters. The Bertz CT molecular complexity index is 944. The minimum atomic E-state index is -0.458. The van der Waals surface area contributed by atoms with Gasteiger partial charge >= 0.3 is 5.91 Å². The zero-order valence-corrected chi connectivity index (χ0v) is 15.6. The summed E-state index contributed by atoms with van der Waals surface area (Å²) in [5.41, 5.74) is 0.945. The number of amides is 1. The molecular weight excluding hydrogens is 362 g/mol. The van der Waals surface area contributed by atoms with E-state index in [-0.39, 0.29) is 5.76 Å². The SMILES string of the molecule is COc1cc2sc(=NC(=O)c3ccno3)n(CCSC)c2cc1OC. The predicted octanol–water partition coefficient (Wildman–Crippen LogP) is 2.81. The van der Waals surface area contributed by atoms with Gasteiger partial charge in [-0.1, -0.05) is 16.5 Å². The van der Waals surface area contributed by atoms with E-state index < -0.39 is 5.91 Å². The van der Waals surface area contributed by atoms with Crippen LogP contribution in [0.15, 0.2) is 33.9 Å². The average Bonchev–Trinajstić information content (AvgIpc) is 3.26. The fourth-order valence-corrected chi connectivity index (χ4v) is 3.78. The highest BCUT2D eigenvalue weighted by Gasteiger charge is 2.14. The lowest BCUT2D eigenvalue weighted by Gasteiger charge is -2.09. The minimum absolute atomic E-state index is 0.115. The number of hydrogen-bond donors (Lipinski definition) is 0. The van der Waals surface area contributed by atoms with Crippen molar-refractivity contribution in [3.63, 3.8) is 0 Å². The third-order valence-electron chi connectivity index (χ3n) is 3.55. The summed E-state index contributed by atoms with van der Waals surface area (Å²) in [6.45, 7) is 0.721. The molecule has 1 aromatic carbocycles. The Morgan fingerprint density at radius 2 is 2.12 bits per heavy atom. The minimum Gasteiger partial charge on any atom is -0.493 e. The van der Waals surface area contributed by atoms with Crippen LogP contribution in [0.4, 0.5) is 0 Å². The predicted molar refractivity (Wildman–Crippen MR) is 97.7 cm³/mol. The molecule has 3 rings (SSSR count). The van der Waals surface area contributed by atoms with Crippen molar-refractivity contribution in [1.29, 1.82) is 0 Å². The van der Waals surface area contributed by atoms with Crippen LogP contribution in [0.25, 0.3) is 10.2 Å². The van der Waals surface area contributed by atoms with Crippen molar-refractivity contribution >= 4 is 39.2 Å². The quantitative estimate of drug-likeness (QED) is 0.655. The molecule has 0 saturated heterocycles. The normalized spacial score (nSPS) is 11.9. The van der Waals surface area contributed by atoms with Crippen molar-refractivity contribution in [2.75, 3.05) is 26.2 Å². The van der Waals surface area contributed by atoms with Crippen molar-refractivity contribution in [3.8, 4) is 11.5 Å². The maximum absolute atomic E-state index is 12.3. The molecule has 0 aliphatic rings. The van der Waals surface area contributed by atoms with Gasteiger partial charge in [-0.25, -0.2) is 0 Å². The number of aromatic nitrogens is 2. The summed E-state index contributed by atoms with van der Waals surface area (Å²) in [6, 6.07) is 5.30. The van der Waals surface area contributed by atoms with Crippen LogP contribution in [0.5, 0.6) is 11.5 Å². The lowest BCUT2D eigenvalue weighted by molar-refractivity contribution is 0.0962. The Labute approximate surface area is 152 Å². The molecule has 0 atom stereocenters. The van der Waals surface area contributed by atoms with E-state index in [2.05, 4.69) is 10.1 Å². The molecule has 0 N–H and O–H groups in total. The van der Waals surface area contributed by atoms with E-state index in [9.17, 15) is 4.79 Å². The second kappa shape index (κ2) is 7.75. The number of fused-ring (bicyclic) bond motifs is 1. The van der Waals surface area contributed by atoms with E-state index in [0.717, 1.165) is 22.5 Å². The number of carbonyl (C=O) groups is 1. The lowest BCUT2D eigenvalue weighted by atomic mass is 10.3. The van der Waals surface area contributed by atoms with Gasteiger partial charge in [0.25, 0.3) is 0 Å². The number of carbonyl (C=O) groups excluding carboxylic acids is 1. The fraction of sp³-hybridized carbons (Fsp3) is 0.312. The van der Waals surface area contributed by atoms with E-state index in [1.165, 1.54) is 23.6 Å². The van der Waals surface area contributed by atoms with Crippen molar-refractivity contribution in [2.24, 2.45) is 4.99 Å². The van der Waals surface area contributed by atoms with Crippen molar-refractivity contribution in [2.45, 2.75) is 6.54 Å². The first kappa shape index (κ1) is 17.6. The van der Waals surface area contributed by atoms with Crippen molar-refractivity contribution in [3.05, 3.63) is 35.0 Å². The summed E-state index contributed by atoms with van der Waals surface area (Å²) < 4.78 is 18.6. The third kappa shape index (κ3) is 3.57. The first-order chi connectivity index (χ1) is 12.2. The average molecular weight is 379 g/mol. The molecule has 2 heterocycles. The standard InChI is InChI=1S/C16H17N3O4S2/c1-21-12-8-10-14(9-13(12)22-2)25-16(19(10)6-7-24-3)18-15(20)11-4-5-17-23-11/h4-5,8-9H,6-7H2,1-3H3. The second-order valence-corrected chi connectivity index (χ2v) is 6.99. The number of rotatable bonds is 6. The van der Waals surface area contributed by atoms with E-state index in [1.54, 1.807) is 26.0 Å². The zero-order chi connectivity index (χ0) is 17.8. The van der Waals surface area contributed by atoms with Gasteiger partial charge in [0.15, 0.2) is 16.3 Å². The maximum Gasteiger partial charge on any atom is 0.318 e. The summed E-state index contributed by atoms with van der Waals surface area (Å²) in [4.78, 5) is 17.1. The van der Waals surface area contributed by atoms with Gasteiger partial charge in [-0.15, -0.1) is 0 Å². The number of nitrogens with zero attached hydrogens (tertiary/aromatic N) is 3. The summed E-state index contributed by atoms with van der Waals surface area (Å²) >= 11 is 3.14. The number of hydrogen-bond acceptors (Lipinski definition) is 7. The lowest BCUT2D eigenvalue weighted by Crippen LogP contribution is -2.18. The van der Waals surface area contributed by atoms with E-state index in [1.807, 2.05) is 23.0 Å². The molecule has 2 aromatic heterocycles. The highest BCUT2D eigenvalue weighted by atomic mass is 32.2. The van der Waals surface area contributed by atoms with Crippen LogP contribution < -0.4 is 14.3 Å². The van der Waals surface area contributed by atoms with Crippen molar-refractivity contribution < 1.29 is 18.8 Å². The topological polar surface area (TPSA) is 78.9 Å². The zero-order valence-electron chi connectivity index (χ0n) is 14.0. The van der Waals surface area contributed by atoms with Crippen molar-refractivity contribution in [1.82, 2.24) is 9.72 Å². The Morgan fingerprint density at radius 3 is 2.76 bits per heavy atom. The largest absolute Gasteiger partial charge is 0.493 e. The van der Waals surface area contributed by atoms with Gasteiger partial charge in [-0.3, -0.25) is 4.79 Å². The van der Waals surface area contributed by atoms with Crippen LogP contribution in [0, 0.1) is 0 Å². The smallest absolute Gasteiger partial charge is 0.318 e. The molecule has 0 radical (unpaired) electrons. The molecule has 25 heavy (non-hydrogen) atoms. The maximum atomic E-state index is 12.3. The second-order valence-electron chi connectivity index (χ2n) is 5.00. The van der Waals surface area contributed by atoms with E-state index in [4.69, 9.17) is 14.0 Å². The van der Waals surface area contributed by atoms with Crippen LogP contribution in [0.1, 0.15) is 10.6 Å². The van der Waals surface area contributed by atoms with E-state index in [0.29, 0.717) is 16.3 Å². The van der Waals surface area contributed by atoms with Gasteiger partial charge in [0.05, 0.1) is 30.6 Å². The summed E-state index contributed by atoms with van der Waals surface area (Å²) in [5, 5.41) is 3.55. The van der Waals surface area contributed by atoms with E-state index >= 15 is 0 Å². The highest BCUT2D eigenvalue weighted by molar-refractivity contribution is 7.98. The molecule has 0 aliphatic carbocycles. The van der Waals surface area contributed by atoms with Crippen LogP contribution in [0.3, 0.4) is 0 Å². The molecule has 0 fully saturated rings. The van der Waals surface area contributed by atoms with Crippen LogP contribution >= 0.6 is 23.1 Å². The molecule has 1 amide bonds. The Morgan fingerprint density at radius 1 is 1.36 bits per heavy atom. The molecule has 0 aliphatic heterocycles. The first-order valence-corrected chi connectivity index (χ1v) is 9.63. The third-order valence-corrected chi connectivity index (χ3v) is 5.18. The summed E-state index contributed by atoms with van der Waals surface area (Å²) in [7, 11) is 3.19. The van der Waals surface area contributed by atoms with Crippen LogP contribution in [-0.4, -0.2) is 41.9 Å². The molecular formula is C16H17N3O4S2. The fourth-order valence-electron chi connectivity index (χ4n) is 2.35. The van der Waals surface area contributed by atoms with Gasteiger partial charge in [0.2, 0.25) is 5.76 Å². The molecule has 3 aromatic rings. The number of thiazole rings is 1. The first-order valence-electron chi connectivity index (χ1n) is 7.42. The Kier molecular flexibility index (Phi) is 5.44. The number of thioether (sulfide) groups is 1. The molecule has 0 spiro atoms. The van der Waals surface area contributed by atoms with Crippen LogP contribution in [0.2, 0.25) is 0 Å². The molecule has 9 heteroatoms. The Hall–Kier alpha value is -2.26. The number of benzene rings is 1. The summed E-state index contributed by atoms with van der Waals surface area (Å²) in [5.74, 6) is 1.83. The number of methoxy groups -OCH3 is 2. The molecule has 0 bridgehead atoms. The molecule has 7 nitrogen and oxygen atoms in total. The van der Waals surface area contributed by atoms with Gasteiger partial charge in [-0.2, -0.15) is 16.8 Å². The highest BCUT2D eigenvalue weighted by Crippen LogP contribution is 2.33. The summed E-state index contributed by atoms with van der Waals surface area (Å²) in [6.07, 6.45) is 3.46. The monoisotopic (exact) mass is 379 g/mol. The van der Waals surface area contributed by atoms with Gasteiger partial charge in [-0.05, 0) is 6.26 Å². The number of aryl methyl sites for hydroxylation is 1. The van der Waals surface area contributed by atoms with Gasteiger partial charge in [0.1, 0.15) is 0 Å². The van der Waals surface area contributed by atoms with Gasteiger partial charge in [0, 0.05) is 30.5 Å². The Balaban J connectivity index is 2.17. The number of ether oxygens (including phenoxy) is 2.